The summed E-state index contributed by atoms with van der Waals surface area (Å²) in [6.07, 6.45) is 26.8. The lowest BCUT2D eigenvalue weighted by atomic mass is 10.0. The molecule has 0 spiro atoms. The summed E-state index contributed by atoms with van der Waals surface area (Å²) >= 11 is 1.99. The van der Waals surface area contributed by atoms with Crippen molar-refractivity contribution < 1.29 is 0 Å². The largest absolute Gasteiger partial charge is 0.131 e. The van der Waals surface area contributed by atoms with Crippen LogP contribution in [-0.4, -0.2) is 5.75 Å². The third kappa shape index (κ3) is 31.0. The molecule has 0 nitrogen and oxygen atoms in total. The van der Waals surface area contributed by atoms with Crippen LogP contribution in [0.4, 0.5) is 0 Å². The second-order valence-corrected chi connectivity index (χ2v) is 9.36. The van der Waals surface area contributed by atoms with Crippen LogP contribution in [-0.2, 0) is 0 Å². The van der Waals surface area contributed by atoms with Gasteiger partial charge >= 0.3 is 0 Å². The Balaban J connectivity index is 0. The molecule has 0 heterocycles. The number of allylic oxidation sites excluding steroid dienone is 1. The summed E-state index contributed by atoms with van der Waals surface area (Å²) in [7, 11) is 0. The van der Waals surface area contributed by atoms with Gasteiger partial charge in [-0.2, -0.15) is 0 Å². The third-order valence-corrected chi connectivity index (χ3v) is 6.15. The molecule has 0 aromatic heterocycles. The summed E-state index contributed by atoms with van der Waals surface area (Å²) in [4.78, 5) is 1.39. The van der Waals surface area contributed by atoms with Gasteiger partial charge in [-0.05, 0) is 23.5 Å². The number of rotatable bonds is 20. The normalized spacial score (nSPS) is 10.5. The predicted octanol–water partition coefficient (Wildman–Crippen LogP) is 10.7. The first-order valence-corrected chi connectivity index (χ1v) is 13.5. The fourth-order valence-corrected chi connectivity index (χ4v) is 4.20. The van der Waals surface area contributed by atoms with E-state index in [0.29, 0.717) is 0 Å². The van der Waals surface area contributed by atoms with Gasteiger partial charge in [0.25, 0.3) is 0 Å². The van der Waals surface area contributed by atoms with Gasteiger partial charge in [0.1, 0.15) is 0 Å². The first kappa shape index (κ1) is 29.3. The van der Waals surface area contributed by atoms with Crippen LogP contribution in [0.1, 0.15) is 150 Å². The van der Waals surface area contributed by atoms with E-state index in [1.165, 1.54) is 133 Å². The molecule has 164 valence electrons. The van der Waals surface area contributed by atoms with Crippen molar-refractivity contribution in [2.75, 3.05) is 5.75 Å². The van der Waals surface area contributed by atoms with Crippen molar-refractivity contribution in [1.29, 1.82) is 0 Å². The molecule has 0 bridgehead atoms. The van der Waals surface area contributed by atoms with Gasteiger partial charge in [-0.1, -0.05) is 143 Å². The fourth-order valence-electron chi connectivity index (χ4n) is 3.22. The van der Waals surface area contributed by atoms with Gasteiger partial charge in [-0.3, -0.25) is 0 Å². The van der Waals surface area contributed by atoms with E-state index in [1.807, 2.05) is 11.8 Å². The smallest absolute Gasteiger partial charge is 0.00234 e. The van der Waals surface area contributed by atoms with Crippen molar-refractivity contribution in [3.05, 3.63) is 11.5 Å². The zero-order valence-corrected chi connectivity index (χ0v) is 20.6. The Morgan fingerprint density at radius 3 is 1.19 bits per heavy atom. The molecule has 0 aliphatic carbocycles. The minimum atomic E-state index is 1.20. The highest BCUT2D eigenvalue weighted by Gasteiger charge is 1.96. The maximum atomic E-state index is 4.11. The van der Waals surface area contributed by atoms with Crippen molar-refractivity contribution in [1.82, 2.24) is 0 Å². The van der Waals surface area contributed by atoms with Crippen LogP contribution >= 0.6 is 11.8 Å². The summed E-state index contributed by atoms with van der Waals surface area (Å²) in [5.41, 5.74) is 0. The van der Waals surface area contributed by atoms with E-state index in [2.05, 4.69) is 34.3 Å². The number of hydrogen-bond acceptors (Lipinski definition) is 1. The summed E-state index contributed by atoms with van der Waals surface area (Å²) in [5.74, 6) is 1.29. The Kier molecular flexibility index (Phi) is 30.7. The van der Waals surface area contributed by atoms with E-state index in [4.69, 9.17) is 0 Å². The third-order valence-electron chi connectivity index (χ3n) is 5.04. The van der Waals surface area contributed by atoms with Crippen molar-refractivity contribution in [3.8, 4) is 0 Å². The van der Waals surface area contributed by atoms with Crippen LogP contribution in [0.2, 0.25) is 0 Å². The van der Waals surface area contributed by atoms with Gasteiger partial charge in [-0.25, -0.2) is 0 Å². The van der Waals surface area contributed by atoms with Crippen LogP contribution in [0, 0.1) is 0 Å². The first-order valence-electron chi connectivity index (χ1n) is 12.5. The highest BCUT2D eigenvalue weighted by Crippen LogP contribution is 2.20. The first-order chi connectivity index (χ1) is 13.2. The Morgan fingerprint density at radius 1 is 0.481 bits per heavy atom. The molecule has 0 aliphatic heterocycles. The maximum Gasteiger partial charge on any atom is -0.00234 e. The Morgan fingerprint density at radius 2 is 0.852 bits per heavy atom. The Labute approximate surface area is 178 Å². The summed E-state index contributed by atoms with van der Waals surface area (Å²) in [6.45, 7) is 13.1. The lowest BCUT2D eigenvalue weighted by Gasteiger charge is -2.04. The van der Waals surface area contributed by atoms with E-state index in [9.17, 15) is 0 Å². The fraction of sp³-hybridized carbons (Fsp3) is 0.923. The average molecular weight is 399 g/mol. The standard InChI is InChI=1S/C21H42S.C5H12/c1-4-6-7-8-9-10-11-12-13-14-15-16-17-18-20-22-21(3)19-5-2;1-3-5-4-2/h3-20H2,1-2H3;3-5H2,1-2H3. The number of thioether (sulfide) groups is 1. The van der Waals surface area contributed by atoms with Gasteiger partial charge < -0.3 is 0 Å². The minimum Gasteiger partial charge on any atom is -0.131 e. The van der Waals surface area contributed by atoms with Crippen LogP contribution in [0.15, 0.2) is 11.5 Å². The topological polar surface area (TPSA) is 0 Å². The van der Waals surface area contributed by atoms with Crippen LogP contribution < -0.4 is 0 Å². The molecule has 0 fully saturated rings. The Hall–Kier alpha value is 0.0900. The summed E-state index contributed by atoms with van der Waals surface area (Å²) < 4.78 is 0. The molecular weight excluding hydrogens is 344 g/mol. The molecule has 0 rings (SSSR count). The lowest BCUT2D eigenvalue weighted by Crippen LogP contribution is -1.85. The molecular formula is C26H54S. The molecule has 27 heavy (non-hydrogen) atoms. The maximum absolute atomic E-state index is 4.11. The molecule has 1 heteroatoms. The van der Waals surface area contributed by atoms with E-state index < -0.39 is 0 Å². The molecule has 0 unspecified atom stereocenters. The van der Waals surface area contributed by atoms with Crippen molar-refractivity contribution >= 4 is 11.8 Å². The molecule has 0 N–H and O–H groups in total. The highest BCUT2D eigenvalue weighted by molar-refractivity contribution is 8.03. The quantitative estimate of drug-likeness (QED) is 0.184. The number of unbranched alkanes of at least 4 members (excludes halogenated alkanes) is 15. The number of hydrogen-bond donors (Lipinski definition) is 0. The molecule has 0 aromatic carbocycles. The second kappa shape index (κ2) is 28.3. The summed E-state index contributed by atoms with van der Waals surface area (Å²) in [5, 5.41) is 0. The highest BCUT2D eigenvalue weighted by atomic mass is 32.2. The molecule has 0 amide bonds. The molecule has 0 aliphatic rings. The molecule has 0 atom stereocenters. The zero-order valence-electron chi connectivity index (χ0n) is 19.8. The van der Waals surface area contributed by atoms with Gasteiger partial charge in [0.15, 0.2) is 0 Å². The van der Waals surface area contributed by atoms with Gasteiger partial charge in [0.2, 0.25) is 0 Å². The summed E-state index contributed by atoms with van der Waals surface area (Å²) in [6, 6.07) is 0. The monoisotopic (exact) mass is 398 g/mol. The van der Waals surface area contributed by atoms with E-state index in [1.54, 1.807) is 0 Å². The van der Waals surface area contributed by atoms with Crippen molar-refractivity contribution in [2.24, 2.45) is 0 Å². The molecule has 0 radical (unpaired) electrons. The van der Waals surface area contributed by atoms with E-state index >= 15 is 0 Å². The van der Waals surface area contributed by atoms with Crippen LogP contribution in [0.5, 0.6) is 0 Å². The van der Waals surface area contributed by atoms with Crippen LogP contribution in [0.3, 0.4) is 0 Å². The lowest BCUT2D eigenvalue weighted by molar-refractivity contribution is 0.538. The second-order valence-electron chi connectivity index (χ2n) is 8.09. The van der Waals surface area contributed by atoms with Gasteiger partial charge in [-0.15, -0.1) is 11.8 Å². The van der Waals surface area contributed by atoms with Crippen molar-refractivity contribution in [2.45, 2.75) is 150 Å². The predicted molar refractivity (Wildman–Crippen MR) is 132 cm³/mol. The van der Waals surface area contributed by atoms with Gasteiger partial charge in [0.05, 0.1) is 0 Å². The minimum absolute atomic E-state index is 1.20. The molecule has 0 saturated carbocycles. The molecule has 0 saturated heterocycles. The average Bonchev–Trinajstić information content (AvgIpc) is 2.66. The van der Waals surface area contributed by atoms with Crippen LogP contribution in [0.25, 0.3) is 0 Å². The molecule has 0 aromatic rings. The van der Waals surface area contributed by atoms with Crippen molar-refractivity contribution in [3.63, 3.8) is 0 Å². The van der Waals surface area contributed by atoms with E-state index in [-0.39, 0.29) is 0 Å². The van der Waals surface area contributed by atoms with E-state index in [0.717, 1.165) is 0 Å². The zero-order chi connectivity index (χ0) is 20.4. The Bertz CT molecular complexity index is 257. The SMILES string of the molecule is C=C(CCC)SCCCCCCCCCCCCCCCC.CCCCC. The van der Waals surface area contributed by atoms with Gasteiger partial charge in [0, 0.05) is 0 Å².